The van der Waals surface area contributed by atoms with Crippen LogP contribution in [0.15, 0.2) is 53.5 Å². The number of anilines is 1. The molecule has 0 saturated heterocycles. The van der Waals surface area contributed by atoms with E-state index < -0.39 is 0 Å². The summed E-state index contributed by atoms with van der Waals surface area (Å²) in [6.07, 6.45) is 5.50. The molecule has 2 unspecified atom stereocenters. The second kappa shape index (κ2) is 7.63. The zero-order valence-electron chi connectivity index (χ0n) is 17.1. The second-order valence-electron chi connectivity index (χ2n) is 8.36. The van der Waals surface area contributed by atoms with Gasteiger partial charge in [-0.3, -0.25) is 9.89 Å². The predicted octanol–water partition coefficient (Wildman–Crippen LogP) is 4.82. The molecule has 0 aliphatic heterocycles. The van der Waals surface area contributed by atoms with Crippen LogP contribution in [0.3, 0.4) is 0 Å². The first-order chi connectivity index (χ1) is 13.9. The van der Waals surface area contributed by atoms with E-state index in [1.165, 1.54) is 5.57 Å². The number of carbonyl (C=O) groups is 1. The van der Waals surface area contributed by atoms with Crippen molar-refractivity contribution in [3.05, 3.63) is 54.0 Å². The van der Waals surface area contributed by atoms with Crippen LogP contribution in [0.5, 0.6) is 0 Å². The summed E-state index contributed by atoms with van der Waals surface area (Å²) in [5, 5.41) is 11.8. The monoisotopic (exact) mass is 407 g/mol. The summed E-state index contributed by atoms with van der Waals surface area (Å²) in [5.41, 5.74) is 3.97. The second-order valence-corrected chi connectivity index (χ2v) is 9.32. The van der Waals surface area contributed by atoms with Crippen LogP contribution >= 0.6 is 11.8 Å². The van der Waals surface area contributed by atoms with E-state index in [0.717, 1.165) is 33.1 Å². The number of hydrogen-bond donors (Lipinski definition) is 2. The van der Waals surface area contributed by atoms with Gasteiger partial charge in [0.15, 0.2) is 5.65 Å². The molecule has 2 heterocycles. The molecule has 0 bridgehead atoms. The lowest BCUT2D eigenvalue weighted by molar-refractivity contribution is -0.118. The highest BCUT2D eigenvalue weighted by Crippen LogP contribution is 2.59. The fourth-order valence-corrected chi connectivity index (χ4v) is 4.73. The SMILES string of the molecule is CC(C)=CC1C(C(=O)Nc2cccc(CSc3ncnc4[nH]ncc34)c2)C1(C)C. The van der Waals surface area contributed by atoms with Gasteiger partial charge in [-0.15, -0.1) is 11.8 Å². The number of nitrogens with zero attached hydrogens (tertiary/aromatic N) is 3. The van der Waals surface area contributed by atoms with Crippen LogP contribution in [0.4, 0.5) is 5.69 Å². The molecule has 2 N–H and O–H groups in total. The maximum Gasteiger partial charge on any atom is 0.228 e. The van der Waals surface area contributed by atoms with Crippen molar-refractivity contribution in [2.75, 3.05) is 5.32 Å². The van der Waals surface area contributed by atoms with Crippen LogP contribution in [-0.2, 0) is 10.5 Å². The number of thioether (sulfide) groups is 1. The van der Waals surface area contributed by atoms with Crippen LogP contribution in [0, 0.1) is 17.3 Å². The lowest BCUT2D eigenvalue weighted by atomic mass is 10.1. The van der Waals surface area contributed by atoms with Gasteiger partial charge in [-0.05, 0) is 42.9 Å². The van der Waals surface area contributed by atoms with Gasteiger partial charge in [-0.25, -0.2) is 9.97 Å². The minimum absolute atomic E-state index is 0.0117. The molecular weight excluding hydrogens is 382 g/mol. The van der Waals surface area contributed by atoms with Gasteiger partial charge in [0.2, 0.25) is 5.91 Å². The third kappa shape index (κ3) is 4.05. The van der Waals surface area contributed by atoms with E-state index in [0.29, 0.717) is 5.92 Å². The summed E-state index contributed by atoms with van der Waals surface area (Å²) >= 11 is 1.63. The van der Waals surface area contributed by atoms with Crippen molar-refractivity contribution in [1.29, 1.82) is 0 Å². The Balaban J connectivity index is 1.42. The lowest BCUT2D eigenvalue weighted by Gasteiger charge is -2.08. The molecular formula is C22H25N5OS. The Morgan fingerprint density at radius 3 is 2.93 bits per heavy atom. The van der Waals surface area contributed by atoms with E-state index in [1.54, 1.807) is 24.3 Å². The Morgan fingerprint density at radius 1 is 1.31 bits per heavy atom. The molecule has 2 aromatic heterocycles. The Bertz CT molecular complexity index is 1080. The first-order valence-corrected chi connectivity index (χ1v) is 10.7. The van der Waals surface area contributed by atoms with E-state index in [1.807, 2.05) is 18.2 Å². The van der Waals surface area contributed by atoms with E-state index in [-0.39, 0.29) is 17.2 Å². The topological polar surface area (TPSA) is 83.6 Å². The average Bonchev–Trinajstić information content (AvgIpc) is 3.01. The lowest BCUT2D eigenvalue weighted by Crippen LogP contribution is -2.16. The molecule has 0 spiro atoms. The number of fused-ring (bicyclic) bond motifs is 1. The highest BCUT2D eigenvalue weighted by atomic mass is 32.2. The molecule has 2 atom stereocenters. The molecule has 0 radical (unpaired) electrons. The summed E-state index contributed by atoms with van der Waals surface area (Å²) in [6.45, 7) is 8.48. The van der Waals surface area contributed by atoms with Crippen LogP contribution < -0.4 is 5.32 Å². The minimum atomic E-state index is 0.0117. The summed E-state index contributed by atoms with van der Waals surface area (Å²) in [7, 11) is 0. The molecule has 7 heteroatoms. The third-order valence-corrected chi connectivity index (χ3v) is 6.56. The highest BCUT2D eigenvalue weighted by molar-refractivity contribution is 7.98. The molecule has 1 saturated carbocycles. The van der Waals surface area contributed by atoms with E-state index >= 15 is 0 Å². The van der Waals surface area contributed by atoms with Crippen LogP contribution in [0.25, 0.3) is 11.0 Å². The van der Waals surface area contributed by atoms with Crippen molar-refractivity contribution in [3.8, 4) is 0 Å². The number of rotatable bonds is 6. The quantitative estimate of drug-likeness (QED) is 0.348. The Kier molecular flexibility index (Phi) is 5.17. The smallest absolute Gasteiger partial charge is 0.228 e. The van der Waals surface area contributed by atoms with E-state index in [4.69, 9.17) is 0 Å². The van der Waals surface area contributed by atoms with Crippen molar-refractivity contribution in [3.63, 3.8) is 0 Å². The number of aromatic nitrogens is 4. The number of amides is 1. The number of H-pyrrole nitrogens is 1. The summed E-state index contributed by atoms with van der Waals surface area (Å²) in [6, 6.07) is 8.01. The number of nitrogens with one attached hydrogen (secondary N) is 2. The van der Waals surface area contributed by atoms with E-state index in [2.05, 4.69) is 65.3 Å². The summed E-state index contributed by atoms with van der Waals surface area (Å²) in [4.78, 5) is 21.3. The Hall–Kier alpha value is -2.67. The van der Waals surface area contributed by atoms with Gasteiger partial charge in [0.25, 0.3) is 0 Å². The molecule has 1 aliphatic rings. The van der Waals surface area contributed by atoms with Crippen molar-refractivity contribution in [1.82, 2.24) is 20.2 Å². The molecule has 1 fully saturated rings. The molecule has 1 aliphatic carbocycles. The van der Waals surface area contributed by atoms with Gasteiger partial charge in [-0.2, -0.15) is 5.10 Å². The Labute approximate surface area is 174 Å². The minimum Gasteiger partial charge on any atom is -0.326 e. The van der Waals surface area contributed by atoms with Crippen molar-refractivity contribution >= 4 is 34.4 Å². The van der Waals surface area contributed by atoms with Crippen LogP contribution in [0.1, 0.15) is 33.3 Å². The van der Waals surface area contributed by atoms with E-state index in [9.17, 15) is 4.79 Å². The van der Waals surface area contributed by atoms with Gasteiger partial charge in [0.05, 0.1) is 17.5 Å². The largest absolute Gasteiger partial charge is 0.326 e. The predicted molar refractivity (Wildman–Crippen MR) is 117 cm³/mol. The molecule has 1 amide bonds. The maximum atomic E-state index is 12.8. The average molecular weight is 408 g/mol. The number of hydrogen-bond acceptors (Lipinski definition) is 5. The summed E-state index contributed by atoms with van der Waals surface area (Å²) in [5.74, 6) is 1.17. The fraction of sp³-hybridized carbons (Fsp3) is 0.364. The molecule has 29 heavy (non-hydrogen) atoms. The first-order valence-electron chi connectivity index (χ1n) is 9.68. The third-order valence-electron chi connectivity index (χ3n) is 5.49. The van der Waals surface area contributed by atoms with Gasteiger partial charge in [-0.1, -0.05) is 37.6 Å². The fourth-order valence-electron chi connectivity index (χ4n) is 3.82. The first kappa shape index (κ1) is 19.6. The molecule has 6 nitrogen and oxygen atoms in total. The zero-order valence-corrected chi connectivity index (χ0v) is 17.9. The number of carbonyl (C=O) groups excluding carboxylic acids is 1. The van der Waals surface area contributed by atoms with Gasteiger partial charge in [0, 0.05) is 11.4 Å². The van der Waals surface area contributed by atoms with Crippen LogP contribution in [0.2, 0.25) is 0 Å². The number of allylic oxidation sites excluding steroid dienone is 2. The van der Waals surface area contributed by atoms with Gasteiger partial charge in [0.1, 0.15) is 11.4 Å². The number of benzene rings is 1. The summed E-state index contributed by atoms with van der Waals surface area (Å²) < 4.78 is 0. The molecule has 1 aromatic carbocycles. The maximum absolute atomic E-state index is 12.8. The van der Waals surface area contributed by atoms with Crippen molar-refractivity contribution in [2.45, 2.75) is 38.5 Å². The number of aromatic amines is 1. The Morgan fingerprint density at radius 2 is 2.14 bits per heavy atom. The normalized spacial score (nSPS) is 19.7. The molecule has 4 rings (SSSR count). The van der Waals surface area contributed by atoms with Crippen molar-refractivity contribution < 1.29 is 4.79 Å². The standard InChI is InChI=1S/C22H25N5OS/c1-13(2)8-17-18(22(17,3)4)20(28)26-15-7-5-6-14(9-15)11-29-21-16-10-25-27-19(16)23-12-24-21/h5-10,12,17-18H,11H2,1-4H3,(H,26,28)(H,23,24,25,27). The zero-order chi connectivity index (χ0) is 20.6. The van der Waals surface area contributed by atoms with Crippen LogP contribution in [-0.4, -0.2) is 26.1 Å². The molecule has 150 valence electrons. The highest BCUT2D eigenvalue weighted by Gasteiger charge is 2.60. The van der Waals surface area contributed by atoms with Gasteiger partial charge < -0.3 is 5.32 Å². The molecule has 3 aromatic rings. The van der Waals surface area contributed by atoms with Gasteiger partial charge >= 0.3 is 0 Å². The van der Waals surface area contributed by atoms with Crippen molar-refractivity contribution in [2.24, 2.45) is 17.3 Å².